The Hall–Kier alpha value is -2.63. The zero-order valence-corrected chi connectivity index (χ0v) is 15.2. The van der Waals surface area contributed by atoms with Crippen molar-refractivity contribution in [1.82, 2.24) is 19.5 Å². The normalized spacial score (nSPS) is 12.0. The number of fused-ring (bicyclic) bond motifs is 1. The van der Waals surface area contributed by atoms with Gasteiger partial charge in [0, 0.05) is 15.6 Å². The van der Waals surface area contributed by atoms with Crippen LogP contribution in [0.4, 0.5) is 0 Å². The second-order valence-corrected chi connectivity index (χ2v) is 6.61. The van der Waals surface area contributed by atoms with Crippen molar-refractivity contribution in [3.8, 4) is 0 Å². The van der Waals surface area contributed by atoms with E-state index in [0.29, 0.717) is 28.6 Å². The lowest BCUT2D eigenvalue weighted by atomic mass is 10.2. The molecule has 0 saturated heterocycles. The van der Waals surface area contributed by atoms with E-state index in [1.807, 2.05) is 53.1 Å². The fourth-order valence-corrected chi connectivity index (χ4v) is 3.27. The highest BCUT2D eigenvalue weighted by molar-refractivity contribution is 6.36. The molecule has 4 aromatic rings. The molecule has 0 radical (unpaired) electrons. The summed E-state index contributed by atoms with van der Waals surface area (Å²) in [6.45, 7) is 1.04. The van der Waals surface area contributed by atoms with Crippen LogP contribution in [0, 0.1) is 0 Å². The number of aromatic nitrogens is 4. The third-order valence-corrected chi connectivity index (χ3v) is 4.79. The minimum absolute atomic E-state index is 0.478. The first-order chi connectivity index (χ1) is 12.7. The fourth-order valence-electron chi connectivity index (χ4n) is 2.75. The van der Waals surface area contributed by atoms with Crippen molar-refractivity contribution < 1.29 is 0 Å². The van der Waals surface area contributed by atoms with Crippen LogP contribution in [-0.2, 0) is 13.1 Å². The molecule has 4 rings (SSSR count). The molecule has 7 heteroatoms. The van der Waals surface area contributed by atoms with E-state index in [-0.39, 0.29) is 0 Å². The number of nitrogens with one attached hydrogen (secondary N) is 1. The maximum absolute atomic E-state index is 6.29. The average Bonchev–Trinajstić information content (AvgIpc) is 3.15. The van der Waals surface area contributed by atoms with Gasteiger partial charge in [0.2, 0.25) is 0 Å². The van der Waals surface area contributed by atoms with Crippen LogP contribution in [0.25, 0.3) is 11.2 Å². The van der Waals surface area contributed by atoms with E-state index >= 15 is 0 Å². The highest BCUT2D eigenvalue weighted by Crippen LogP contribution is 2.25. The molecule has 130 valence electrons. The van der Waals surface area contributed by atoms with Crippen molar-refractivity contribution >= 4 is 34.4 Å². The minimum Gasteiger partial charge on any atom is -0.340 e. The molecule has 26 heavy (non-hydrogen) atoms. The van der Waals surface area contributed by atoms with Crippen molar-refractivity contribution in [3.63, 3.8) is 0 Å². The Morgan fingerprint density at radius 1 is 0.962 bits per heavy atom. The third-order valence-electron chi connectivity index (χ3n) is 4.08. The summed E-state index contributed by atoms with van der Waals surface area (Å²) in [6, 6.07) is 15.5. The monoisotopic (exact) mass is 383 g/mol. The molecule has 0 fully saturated rings. The number of aromatic amines is 1. The molecule has 0 aliphatic heterocycles. The predicted molar refractivity (Wildman–Crippen MR) is 103 cm³/mol. The lowest BCUT2D eigenvalue weighted by molar-refractivity contribution is 0.782. The molecule has 0 spiro atoms. The summed E-state index contributed by atoms with van der Waals surface area (Å²) in [7, 11) is 0. The summed E-state index contributed by atoms with van der Waals surface area (Å²) in [5, 5.41) is 1.23. The Labute approximate surface area is 160 Å². The number of halogens is 2. The summed E-state index contributed by atoms with van der Waals surface area (Å²) >= 11 is 12.6. The molecule has 2 aromatic carbocycles. The summed E-state index contributed by atoms with van der Waals surface area (Å²) in [4.78, 5) is 16.6. The van der Waals surface area contributed by atoms with Crippen LogP contribution in [-0.4, -0.2) is 19.5 Å². The van der Waals surface area contributed by atoms with Gasteiger partial charge in [-0.25, -0.2) is 9.97 Å². The van der Waals surface area contributed by atoms with Crippen LogP contribution in [0.1, 0.15) is 11.1 Å². The Morgan fingerprint density at radius 3 is 2.50 bits per heavy atom. The lowest BCUT2D eigenvalue weighted by Crippen LogP contribution is -2.15. The number of rotatable bonds is 4. The Bertz CT molecular complexity index is 1100. The number of imidazole rings is 1. The first-order valence-electron chi connectivity index (χ1n) is 8.08. The second kappa shape index (κ2) is 7.32. The zero-order chi connectivity index (χ0) is 17.9. The second-order valence-electron chi connectivity index (χ2n) is 5.80. The maximum atomic E-state index is 6.29. The van der Waals surface area contributed by atoms with Crippen LogP contribution in [0.3, 0.4) is 0 Å². The number of nitrogens with zero attached hydrogens (tertiary/aromatic N) is 4. The summed E-state index contributed by atoms with van der Waals surface area (Å²) in [6.07, 6.45) is 3.35. The van der Waals surface area contributed by atoms with E-state index in [9.17, 15) is 0 Å². The van der Waals surface area contributed by atoms with Crippen molar-refractivity contribution in [2.75, 3.05) is 0 Å². The predicted octanol–water partition coefficient (Wildman–Crippen LogP) is 4.22. The molecule has 2 heterocycles. The third kappa shape index (κ3) is 3.36. The van der Waals surface area contributed by atoms with E-state index in [1.54, 1.807) is 12.7 Å². The Balaban J connectivity index is 1.72. The van der Waals surface area contributed by atoms with Crippen molar-refractivity contribution in [3.05, 3.63) is 87.8 Å². The zero-order valence-electron chi connectivity index (χ0n) is 13.7. The number of benzene rings is 2. The van der Waals surface area contributed by atoms with Gasteiger partial charge >= 0.3 is 0 Å². The van der Waals surface area contributed by atoms with Crippen LogP contribution in [0.5, 0.6) is 0 Å². The molecule has 0 amide bonds. The first kappa shape index (κ1) is 16.8. The average molecular weight is 384 g/mol. The largest absolute Gasteiger partial charge is 0.340 e. The summed E-state index contributed by atoms with van der Waals surface area (Å²) < 4.78 is 1.90. The van der Waals surface area contributed by atoms with Crippen LogP contribution >= 0.6 is 23.2 Å². The number of hydrogen-bond acceptors (Lipinski definition) is 3. The Kier molecular flexibility index (Phi) is 4.73. The first-order valence-corrected chi connectivity index (χ1v) is 8.84. The van der Waals surface area contributed by atoms with Crippen LogP contribution in [0.15, 0.2) is 66.2 Å². The van der Waals surface area contributed by atoms with E-state index in [2.05, 4.69) is 19.9 Å². The summed E-state index contributed by atoms with van der Waals surface area (Å²) in [5.74, 6) is 0. The van der Waals surface area contributed by atoms with Gasteiger partial charge in [-0.3, -0.25) is 4.99 Å². The van der Waals surface area contributed by atoms with Gasteiger partial charge < -0.3 is 9.55 Å². The van der Waals surface area contributed by atoms with Gasteiger partial charge in [0.15, 0.2) is 11.1 Å². The highest BCUT2D eigenvalue weighted by Gasteiger charge is 2.10. The molecule has 0 aliphatic rings. The minimum atomic E-state index is 0.478. The standard InChI is InChI=1S/C19H15Cl2N5/c20-15-7-4-8-16(21)14(15)10-26-12-25-18(17-19(26)24-11-23-17)22-9-13-5-2-1-3-6-13/h1-8,11-12H,9-10H2,(H,23,24). The molecule has 2 aromatic heterocycles. The Morgan fingerprint density at radius 2 is 1.73 bits per heavy atom. The van der Waals surface area contributed by atoms with E-state index in [1.165, 1.54) is 0 Å². The molecule has 5 nitrogen and oxygen atoms in total. The molecule has 0 unspecified atom stereocenters. The molecule has 1 N–H and O–H groups in total. The van der Waals surface area contributed by atoms with Gasteiger partial charge in [0.25, 0.3) is 0 Å². The maximum Gasteiger partial charge on any atom is 0.177 e. The molecule has 0 bridgehead atoms. The molecule has 0 saturated carbocycles. The van der Waals surface area contributed by atoms with Crippen LogP contribution < -0.4 is 5.49 Å². The van der Waals surface area contributed by atoms with E-state index in [4.69, 9.17) is 23.2 Å². The molecular formula is C19H15Cl2N5. The lowest BCUT2D eigenvalue weighted by Gasteiger charge is -2.10. The quantitative estimate of drug-likeness (QED) is 0.573. The van der Waals surface area contributed by atoms with Crippen molar-refractivity contribution in [2.45, 2.75) is 13.1 Å². The van der Waals surface area contributed by atoms with Gasteiger partial charge in [0.05, 0.1) is 25.7 Å². The topological polar surface area (TPSA) is 58.9 Å². The molecule has 0 atom stereocenters. The van der Waals surface area contributed by atoms with Crippen LogP contribution in [0.2, 0.25) is 10.0 Å². The number of hydrogen-bond donors (Lipinski definition) is 1. The molecular weight excluding hydrogens is 369 g/mol. The van der Waals surface area contributed by atoms with Gasteiger partial charge in [-0.2, -0.15) is 0 Å². The number of H-pyrrole nitrogens is 1. The van der Waals surface area contributed by atoms with E-state index in [0.717, 1.165) is 22.3 Å². The van der Waals surface area contributed by atoms with Gasteiger partial charge in [-0.15, -0.1) is 0 Å². The fraction of sp³-hybridized carbons (Fsp3) is 0.105. The van der Waals surface area contributed by atoms with Crippen molar-refractivity contribution in [1.29, 1.82) is 0 Å². The van der Waals surface area contributed by atoms with Gasteiger partial charge in [-0.05, 0) is 17.7 Å². The van der Waals surface area contributed by atoms with Gasteiger partial charge in [-0.1, -0.05) is 59.6 Å². The molecule has 0 aliphatic carbocycles. The SMILES string of the molecule is Clc1cccc(Cl)c1Cn1cnc(=NCc2ccccc2)c2[nH]cnc21. The summed E-state index contributed by atoms with van der Waals surface area (Å²) in [5.41, 5.74) is 4.12. The van der Waals surface area contributed by atoms with Crippen molar-refractivity contribution in [2.24, 2.45) is 4.99 Å². The van der Waals surface area contributed by atoms with Gasteiger partial charge in [0.1, 0.15) is 5.52 Å². The van der Waals surface area contributed by atoms with E-state index < -0.39 is 0 Å². The highest BCUT2D eigenvalue weighted by atomic mass is 35.5. The smallest absolute Gasteiger partial charge is 0.177 e.